The van der Waals surface area contributed by atoms with E-state index in [0.717, 1.165) is 22.3 Å². The average Bonchev–Trinajstić information content (AvgIpc) is 2.92. The van der Waals surface area contributed by atoms with Gasteiger partial charge in [0.2, 0.25) is 5.91 Å². The topological polar surface area (TPSA) is 123 Å². The van der Waals surface area contributed by atoms with Crippen LogP contribution in [0.4, 0.5) is 5.69 Å². The smallest absolute Gasteiger partial charge is 0.270 e. The van der Waals surface area contributed by atoms with Crippen LogP contribution in [0, 0.1) is 11.8 Å². The molecule has 196 valence electrons. The Labute approximate surface area is 226 Å². The second-order valence-electron chi connectivity index (χ2n) is 8.52. The molecule has 5 N–H and O–H groups in total. The summed E-state index contributed by atoms with van der Waals surface area (Å²) >= 11 is 6.12. The fourth-order valence-corrected chi connectivity index (χ4v) is 3.67. The van der Waals surface area contributed by atoms with E-state index in [1.807, 2.05) is 60.7 Å². The van der Waals surface area contributed by atoms with Crippen LogP contribution in [0.15, 0.2) is 77.8 Å². The van der Waals surface area contributed by atoms with Crippen LogP contribution in [-0.4, -0.2) is 46.5 Å². The Kier molecular flexibility index (Phi) is 10.6. The summed E-state index contributed by atoms with van der Waals surface area (Å²) in [5.74, 6) is 5.23. The van der Waals surface area contributed by atoms with Crippen molar-refractivity contribution in [1.82, 2.24) is 10.8 Å². The summed E-state index contributed by atoms with van der Waals surface area (Å²) in [5, 5.41) is 25.2. The molecule has 0 aliphatic carbocycles. The Bertz CT molecular complexity index is 1340. The van der Waals surface area contributed by atoms with Gasteiger partial charge in [-0.1, -0.05) is 53.8 Å². The quantitative estimate of drug-likeness (QED) is 0.125. The monoisotopic (exact) mass is 532 g/mol. The molecule has 0 spiro atoms. The number of carbonyl (C=O) groups excluding carboxylic acids is 2. The Morgan fingerprint density at radius 2 is 1.58 bits per heavy atom. The zero-order valence-corrected chi connectivity index (χ0v) is 21.8. The van der Waals surface area contributed by atoms with E-state index < -0.39 is 18.1 Å². The third-order valence-corrected chi connectivity index (χ3v) is 5.92. The van der Waals surface area contributed by atoms with E-state index in [4.69, 9.17) is 16.8 Å². The van der Waals surface area contributed by atoms with Crippen LogP contribution in [0.1, 0.15) is 36.1 Å². The molecule has 2 amide bonds. The zero-order valence-electron chi connectivity index (χ0n) is 21.0. The highest BCUT2D eigenvalue weighted by atomic mass is 35.5. The number of hydrogen-bond donors (Lipinski definition) is 5. The maximum atomic E-state index is 12.2. The number of aliphatic hydroxyl groups is 1. The summed E-state index contributed by atoms with van der Waals surface area (Å²) in [6, 6.07) is 20.9. The molecule has 0 heterocycles. The maximum Gasteiger partial charge on any atom is 0.270 e. The van der Waals surface area contributed by atoms with Crippen LogP contribution < -0.4 is 16.1 Å². The third kappa shape index (κ3) is 8.54. The summed E-state index contributed by atoms with van der Waals surface area (Å²) in [6.45, 7) is 3.80. The summed E-state index contributed by atoms with van der Waals surface area (Å²) in [7, 11) is 0. The Morgan fingerprint density at radius 1 is 0.974 bits per heavy atom. The van der Waals surface area contributed by atoms with E-state index in [2.05, 4.69) is 27.5 Å². The second kappa shape index (κ2) is 14.1. The number of nitrogens with one attached hydrogen (secondary N) is 3. The zero-order chi connectivity index (χ0) is 27.5. The van der Waals surface area contributed by atoms with Gasteiger partial charge in [-0.2, -0.15) is 0 Å². The molecule has 2 atom stereocenters. The van der Waals surface area contributed by atoms with Crippen molar-refractivity contribution in [2.75, 3.05) is 11.9 Å². The molecule has 0 bridgehead atoms. The molecule has 0 unspecified atom stereocenters. The lowest BCUT2D eigenvalue weighted by Gasteiger charge is -2.14. The predicted molar refractivity (Wildman–Crippen MR) is 148 cm³/mol. The lowest BCUT2D eigenvalue weighted by Crippen LogP contribution is -2.38. The molecule has 38 heavy (non-hydrogen) atoms. The molecule has 3 rings (SSSR count). The molecule has 0 radical (unpaired) electrons. The van der Waals surface area contributed by atoms with Crippen molar-refractivity contribution < 1.29 is 19.9 Å². The highest BCUT2D eigenvalue weighted by Crippen LogP contribution is 2.14. The van der Waals surface area contributed by atoms with Crippen LogP contribution in [0.25, 0.3) is 0 Å². The van der Waals surface area contributed by atoms with Crippen molar-refractivity contribution in [3.05, 3.63) is 100 Å². The van der Waals surface area contributed by atoms with Gasteiger partial charge < -0.3 is 15.7 Å². The first-order valence-corrected chi connectivity index (χ1v) is 12.3. The third-order valence-electron chi connectivity index (χ3n) is 5.55. The molecule has 0 saturated heterocycles. The molecule has 3 aromatic rings. The van der Waals surface area contributed by atoms with E-state index in [1.54, 1.807) is 19.1 Å². The minimum Gasteiger partial charge on any atom is -0.391 e. The summed E-state index contributed by atoms with van der Waals surface area (Å²) in [4.78, 5) is 28.1. The molecular formula is C29H29ClN4O4. The molecule has 0 fully saturated rings. The number of benzene rings is 3. The van der Waals surface area contributed by atoms with Crippen molar-refractivity contribution >= 4 is 34.8 Å². The van der Waals surface area contributed by atoms with Crippen LogP contribution in [-0.2, 0) is 16.1 Å². The van der Waals surface area contributed by atoms with Gasteiger partial charge in [-0.3, -0.25) is 19.8 Å². The van der Waals surface area contributed by atoms with Crippen molar-refractivity contribution in [3.8, 4) is 11.8 Å². The van der Waals surface area contributed by atoms with E-state index >= 15 is 0 Å². The largest absolute Gasteiger partial charge is 0.391 e. The van der Waals surface area contributed by atoms with Crippen molar-refractivity contribution in [1.29, 1.82) is 0 Å². The maximum absolute atomic E-state index is 12.2. The molecule has 0 aromatic heterocycles. The van der Waals surface area contributed by atoms with Crippen molar-refractivity contribution in [2.45, 2.75) is 32.5 Å². The molecule has 8 nitrogen and oxygen atoms in total. The van der Waals surface area contributed by atoms with Gasteiger partial charge in [0.1, 0.15) is 0 Å². The number of nitrogens with zero attached hydrogens (tertiary/aromatic N) is 1. The number of aliphatic hydroxyl groups excluding tert-OH is 1. The standard InChI is InChI=1S/C29H29ClN4O4/c1-19(32-28(20(2)35)29(37)34-38)23-13-9-21(10-14-23)7-8-22-11-15-25(16-12-22)33-27(36)18-31-17-24-5-3-4-6-26(24)30/h3-6,9-16,20,28,31,35,38H,17-18H2,1-2H3,(H,33,36)(H,34,37)/t20-,28+/m1/s1. The summed E-state index contributed by atoms with van der Waals surface area (Å²) < 4.78 is 0. The van der Waals surface area contributed by atoms with E-state index in [9.17, 15) is 14.7 Å². The minimum atomic E-state index is -1.11. The van der Waals surface area contributed by atoms with Gasteiger partial charge in [0.05, 0.1) is 12.6 Å². The van der Waals surface area contributed by atoms with Gasteiger partial charge >= 0.3 is 0 Å². The summed E-state index contributed by atoms with van der Waals surface area (Å²) in [6.07, 6.45) is -1.06. The number of hydrogen-bond acceptors (Lipinski definition) is 6. The number of amides is 2. The van der Waals surface area contributed by atoms with E-state index in [1.165, 1.54) is 12.4 Å². The Balaban J connectivity index is 1.54. The number of hydroxylamine groups is 1. The minimum absolute atomic E-state index is 0.154. The first kappa shape index (κ1) is 28.6. The Morgan fingerprint density at radius 3 is 2.16 bits per heavy atom. The number of rotatable bonds is 9. The van der Waals surface area contributed by atoms with Gasteiger partial charge in [-0.05, 0) is 67.4 Å². The Hall–Kier alpha value is -4.00. The number of aliphatic imine (C=N–C) groups is 1. The molecule has 3 aromatic carbocycles. The molecule has 0 aliphatic rings. The van der Waals surface area contributed by atoms with Gasteiger partial charge in [0, 0.05) is 34.1 Å². The van der Waals surface area contributed by atoms with Crippen LogP contribution in [0.3, 0.4) is 0 Å². The fraction of sp³-hybridized carbons (Fsp3) is 0.207. The lowest BCUT2D eigenvalue weighted by molar-refractivity contribution is -0.132. The SMILES string of the molecule is CC(=N[C@H](C(=O)NO)[C@@H](C)O)c1ccc(C#Cc2ccc(NC(=O)CNCc3ccccc3Cl)cc2)cc1. The van der Waals surface area contributed by atoms with Gasteiger partial charge in [0.15, 0.2) is 6.04 Å². The van der Waals surface area contributed by atoms with Crippen LogP contribution >= 0.6 is 11.6 Å². The van der Waals surface area contributed by atoms with E-state index in [0.29, 0.717) is 23.0 Å². The second-order valence-corrected chi connectivity index (χ2v) is 8.93. The number of anilines is 1. The predicted octanol–water partition coefficient (Wildman–Crippen LogP) is 3.53. The van der Waals surface area contributed by atoms with Gasteiger partial charge in [0.25, 0.3) is 5.91 Å². The first-order valence-electron chi connectivity index (χ1n) is 11.9. The fourth-order valence-electron chi connectivity index (χ4n) is 3.47. The van der Waals surface area contributed by atoms with Crippen molar-refractivity contribution in [3.63, 3.8) is 0 Å². The highest BCUT2D eigenvalue weighted by Gasteiger charge is 2.22. The molecule has 9 heteroatoms. The van der Waals surface area contributed by atoms with E-state index in [-0.39, 0.29) is 12.5 Å². The van der Waals surface area contributed by atoms with Crippen LogP contribution in [0.2, 0.25) is 5.02 Å². The molecular weight excluding hydrogens is 504 g/mol. The molecule has 0 saturated carbocycles. The summed E-state index contributed by atoms with van der Waals surface area (Å²) in [5.41, 5.74) is 5.99. The molecule has 0 aliphatic heterocycles. The lowest BCUT2D eigenvalue weighted by atomic mass is 10.1. The van der Waals surface area contributed by atoms with Crippen molar-refractivity contribution in [2.24, 2.45) is 4.99 Å². The normalized spacial score (nSPS) is 12.6. The van der Waals surface area contributed by atoms with Gasteiger partial charge in [-0.25, -0.2) is 5.48 Å². The number of carbonyl (C=O) groups is 2. The van der Waals surface area contributed by atoms with Gasteiger partial charge in [-0.15, -0.1) is 0 Å². The van der Waals surface area contributed by atoms with Crippen LogP contribution in [0.5, 0.6) is 0 Å². The first-order chi connectivity index (χ1) is 18.3. The highest BCUT2D eigenvalue weighted by molar-refractivity contribution is 6.31. The average molecular weight is 533 g/mol. The number of halogens is 1.